The molecular weight excluding hydrogens is 1730 g/mol. The number of hydrogen-bond donors (Lipinski definition) is 12. The number of alkyl halides is 2. The van der Waals surface area contributed by atoms with Crippen molar-refractivity contribution in [1.29, 1.82) is 0 Å². The maximum absolute atomic E-state index is 13.2. The summed E-state index contributed by atoms with van der Waals surface area (Å²) in [5.41, 5.74) is 5.16. The van der Waals surface area contributed by atoms with E-state index < -0.39 is 55.5 Å². The number of likely N-dealkylation sites (tertiary alicyclic amines) is 2. The summed E-state index contributed by atoms with van der Waals surface area (Å²) < 4.78 is 80.2. The number of piperidine rings is 3. The number of carbonyl (C=O) groups excluding carboxylic acids is 2. The molecule has 123 heavy (non-hydrogen) atoms. The summed E-state index contributed by atoms with van der Waals surface area (Å²) in [6.07, 6.45) is 16.2. The number of sulfonamides is 2. The number of aliphatic hydroxyl groups excluding tert-OH is 3. The quantitative estimate of drug-likeness (QED) is 0.0403. The second kappa shape index (κ2) is 38.7. The van der Waals surface area contributed by atoms with E-state index in [2.05, 4.69) is 99.2 Å². The third-order valence-corrected chi connectivity index (χ3v) is 28.8. The maximum atomic E-state index is 13.2. The second-order valence-electron chi connectivity index (χ2n) is 34.1. The molecule has 1 aliphatic carbocycles. The van der Waals surface area contributed by atoms with E-state index in [-0.39, 0.29) is 79.7 Å². The molecule has 6 aliphatic rings. The summed E-state index contributed by atoms with van der Waals surface area (Å²) in [6.45, 7) is 17.1. The smallest absolute Gasteiger partial charge is 0.317 e. The van der Waals surface area contributed by atoms with Gasteiger partial charge < -0.3 is 50.7 Å². The van der Waals surface area contributed by atoms with Gasteiger partial charge in [0.25, 0.3) is 0 Å². The predicted molar refractivity (Wildman–Crippen MR) is 470 cm³/mol. The Morgan fingerprint density at radius 2 is 0.886 bits per heavy atom. The van der Waals surface area contributed by atoms with Gasteiger partial charge in [0.15, 0.2) is 0 Å². The van der Waals surface area contributed by atoms with E-state index in [1.807, 2.05) is 46.2 Å². The second-order valence-corrected chi connectivity index (χ2v) is 40.3. The van der Waals surface area contributed by atoms with Crippen molar-refractivity contribution in [3.63, 3.8) is 0 Å². The maximum Gasteiger partial charge on any atom is 0.317 e. The van der Waals surface area contributed by atoms with Crippen LogP contribution in [0.2, 0.25) is 25.1 Å². The number of hydrogen-bond acceptors (Lipinski definition) is 19. The lowest BCUT2D eigenvalue weighted by Crippen LogP contribution is -2.60. The summed E-state index contributed by atoms with van der Waals surface area (Å²) in [5, 5.41) is 102. The van der Waals surface area contributed by atoms with Crippen molar-refractivity contribution in [3.05, 3.63) is 175 Å². The fourth-order valence-corrected chi connectivity index (χ4v) is 20.5. The molecule has 11 heterocycles. The highest BCUT2D eigenvalue weighted by molar-refractivity contribution is 7.88. The molecule has 664 valence electrons. The first-order chi connectivity index (χ1) is 58.3. The van der Waals surface area contributed by atoms with Gasteiger partial charge in [0.1, 0.15) is 5.60 Å². The number of fused-ring (bicyclic) bond motifs is 5. The molecule has 17 rings (SSSR count). The Morgan fingerprint density at radius 1 is 0.512 bits per heavy atom. The largest absolute Gasteiger partial charge is 0.388 e. The average Bonchev–Trinajstić information content (AvgIpc) is 1.73. The molecular formula is C84H105Cl5F2N18O12S2. The predicted octanol–water partition coefficient (Wildman–Crippen LogP) is 13.5. The van der Waals surface area contributed by atoms with Crippen molar-refractivity contribution in [2.45, 2.75) is 134 Å². The fourth-order valence-electron chi connectivity index (χ4n) is 17.6. The molecule has 1 saturated carbocycles. The molecule has 1 unspecified atom stereocenters. The van der Waals surface area contributed by atoms with Crippen LogP contribution < -0.4 is 10.6 Å². The Bertz CT molecular complexity index is 5720. The number of ether oxygens (including phenoxy) is 1. The number of nitrogens with zero attached hydrogens (tertiary/aromatic N) is 11. The van der Waals surface area contributed by atoms with Crippen LogP contribution in [0, 0.1) is 28.6 Å². The fraction of sp³-hybridized carbons (Fsp3) is 0.500. The van der Waals surface area contributed by atoms with Crippen LogP contribution >= 0.6 is 58.0 Å². The first-order valence-electron chi connectivity index (χ1n) is 40.9. The van der Waals surface area contributed by atoms with Gasteiger partial charge in [-0.2, -0.15) is 29.8 Å². The van der Waals surface area contributed by atoms with Gasteiger partial charge >= 0.3 is 12.1 Å². The summed E-state index contributed by atoms with van der Waals surface area (Å²) in [6, 6.07) is 21.4. The van der Waals surface area contributed by atoms with E-state index in [0.29, 0.717) is 112 Å². The number of aromatic amines is 5. The Hall–Kier alpha value is -8.01. The topological polar surface area (TPSA) is 409 Å². The Balaban J connectivity index is 0.000000135. The molecule has 39 heteroatoms. The number of nitrogens with one attached hydrogen (secondary N) is 7. The zero-order valence-electron chi connectivity index (χ0n) is 69.1. The first kappa shape index (κ1) is 92.7. The van der Waals surface area contributed by atoms with Gasteiger partial charge in [-0.3, -0.25) is 35.4 Å². The van der Waals surface area contributed by atoms with Crippen LogP contribution in [0.25, 0.3) is 54.5 Å². The van der Waals surface area contributed by atoms with E-state index in [1.165, 1.54) is 14.9 Å². The van der Waals surface area contributed by atoms with E-state index in [9.17, 15) is 60.7 Å². The van der Waals surface area contributed by atoms with Gasteiger partial charge in [-0.1, -0.05) is 85.7 Å². The minimum absolute atomic E-state index is 0.00377. The number of β-amino-alcohol motifs (C(OH)–C–C–N with tert-alkyl or cyclic N) is 1. The molecule has 30 nitrogen and oxygen atoms in total. The van der Waals surface area contributed by atoms with Crippen LogP contribution in [0.5, 0.6) is 0 Å². The summed E-state index contributed by atoms with van der Waals surface area (Å²) in [4.78, 5) is 35.2. The number of pyridine rings is 1. The normalized spacial score (nSPS) is 19.2. The molecule has 3 atom stereocenters. The number of aromatic nitrogens is 11. The standard InChI is InChI=1S/C23H34ClN5O3.C23H28ClN5O2.C14H15ClF2N2O.C13H16ClN3O3S.C11H12ClN3O3S/c1-23(2,21(30)19-14-18(24)13-16-15-26-27-20(16)19)17-3-6-29(7-4-17)22(31)25-5-8-28-9-11-32-12-10-28;1-23(2,21(30)19-12-18(24)11-16-14-27-28-20(16)19)17-5-9-29(10-6-17)22(31)26-13-15-3-7-25-8-4-15;15-10-5-9-7-18-19-12(9)11(6-10)13(20)8-1-3-14(16,17)4-2-8;1-21(19,20)17-4-2-13(18,3-5-17)11-7-10(14)6-9-8-15-16-12(9)11;1-19(17,18)15-5-11(16,6-15)9-3-8(12)2-7-4-13-14-10(7)9/h13-15,17,21,30H,3-12H2,1-2H3,(H,25,31)(H,26,27);3-4,7-8,11-12,14,17,21,30H,5-6,9-10,13H2,1-2H3,(H,26,31)(H,27,28);5-8,13,20H,1-4H2,(H,18,19);6-8,18H,2-5H2,1H3,(H,15,16);2-4,16H,5-6H2,1H3,(H,13,14)/t2*21-;;;/m11.../s1. The molecule has 6 aromatic heterocycles. The first-order valence-corrected chi connectivity index (χ1v) is 46.5. The van der Waals surface area contributed by atoms with Crippen LogP contribution in [-0.2, 0) is 42.5 Å². The van der Waals surface area contributed by atoms with Crippen molar-refractivity contribution in [2.75, 3.05) is 104 Å². The van der Waals surface area contributed by atoms with Crippen LogP contribution in [0.3, 0.4) is 0 Å². The number of carbonyl (C=O) groups is 2. The van der Waals surface area contributed by atoms with E-state index in [1.54, 1.807) is 79.8 Å². The summed E-state index contributed by atoms with van der Waals surface area (Å²) >= 11 is 30.7. The van der Waals surface area contributed by atoms with Crippen molar-refractivity contribution >= 4 is 145 Å². The van der Waals surface area contributed by atoms with Gasteiger partial charge in [-0.25, -0.2) is 39.5 Å². The monoisotopic (exact) mass is 1830 g/mol. The molecule has 4 amide bonds. The molecule has 5 aliphatic heterocycles. The highest BCUT2D eigenvalue weighted by atomic mass is 35.5. The van der Waals surface area contributed by atoms with Crippen LogP contribution in [0.1, 0.15) is 144 Å². The Labute approximate surface area is 736 Å². The number of H-pyrrole nitrogens is 5. The minimum Gasteiger partial charge on any atom is -0.388 e. The zero-order chi connectivity index (χ0) is 88.1. The number of morpholine rings is 1. The molecule has 5 aromatic carbocycles. The Kier molecular flexibility index (Phi) is 29.1. The lowest BCUT2D eigenvalue weighted by Gasteiger charge is -2.45. The summed E-state index contributed by atoms with van der Waals surface area (Å²) in [5.74, 6) is -2.21. The molecule has 5 saturated heterocycles. The summed E-state index contributed by atoms with van der Waals surface area (Å²) in [7, 11) is -6.50. The number of urea groups is 2. The molecule has 0 spiro atoms. The molecule has 12 N–H and O–H groups in total. The van der Waals surface area contributed by atoms with Gasteiger partial charge in [-0.05, 0) is 158 Å². The Morgan fingerprint density at radius 3 is 1.31 bits per heavy atom. The van der Waals surface area contributed by atoms with Crippen molar-refractivity contribution in [2.24, 2.45) is 28.6 Å². The van der Waals surface area contributed by atoms with E-state index in [4.69, 9.17) is 62.7 Å². The highest BCUT2D eigenvalue weighted by Gasteiger charge is 2.49. The third-order valence-electron chi connectivity index (χ3n) is 25.2. The third kappa shape index (κ3) is 22.0. The van der Waals surface area contributed by atoms with Gasteiger partial charge in [0, 0.05) is 190 Å². The van der Waals surface area contributed by atoms with Crippen molar-refractivity contribution < 1.29 is 65.5 Å². The van der Waals surface area contributed by atoms with Gasteiger partial charge in [-0.15, -0.1) is 0 Å². The van der Waals surface area contributed by atoms with Gasteiger partial charge in [0.2, 0.25) is 26.0 Å². The molecule has 0 radical (unpaired) electrons. The molecule has 11 aromatic rings. The van der Waals surface area contributed by atoms with Crippen molar-refractivity contribution in [3.8, 4) is 0 Å². The lowest BCUT2D eigenvalue weighted by atomic mass is 9.68. The number of rotatable bonds is 17. The van der Waals surface area contributed by atoms with E-state index >= 15 is 0 Å². The number of aliphatic hydroxyl groups is 5. The van der Waals surface area contributed by atoms with Crippen LogP contribution in [-0.4, -0.2) is 244 Å². The van der Waals surface area contributed by atoms with Crippen molar-refractivity contribution in [1.82, 2.24) is 89.9 Å². The number of benzene rings is 5. The minimum atomic E-state index is -3.28. The number of amides is 4. The SMILES string of the molecule is CC(C)(C1CCN(C(=O)NCCN2CCOCC2)CC1)[C@H](O)c1cc(Cl)cc2cn[nH]c12.CC(C)(C1CCN(C(=O)NCc2ccncc2)CC1)[C@H](O)c1cc(Cl)cc2cn[nH]c12.CS(=O)(=O)N1CC(O)(c2cc(Cl)cc3cn[nH]c23)C1.CS(=O)(=O)N1CCC(O)(c2cc(Cl)cc3cn[nH]c23)CC1.OC(c1cc(Cl)cc2cn[nH]c12)C1CCC(F)(F)CC1. The van der Waals surface area contributed by atoms with Crippen LogP contribution in [0.4, 0.5) is 18.4 Å². The highest BCUT2D eigenvalue weighted by Crippen LogP contribution is 2.50. The zero-order valence-corrected chi connectivity index (χ0v) is 74.5. The lowest BCUT2D eigenvalue weighted by molar-refractivity contribution is -0.0635. The molecule has 0 bridgehead atoms. The van der Waals surface area contributed by atoms with Crippen LogP contribution in [0.15, 0.2) is 116 Å². The van der Waals surface area contributed by atoms with Gasteiger partial charge in [0.05, 0.1) is 108 Å². The average molecular weight is 1840 g/mol. The van der Waals surface area contributed by atoms with E-state index in [0.717, 1.165) is 130 Å². The number of halogens is 7. The molecule has 6 fully saturated rings.